The van der Waals surface area contributed by atoms with E-state index in [1.807, 2.05) is 49.6 Å². The van der Waals surface area contributed by atoms with Gasteiger partial charge in [0.25, 0.3) is 0 Å². The molecular weight excluding hydrogens is 450 g/mol. The molecule has 1 amide bonds. The number of carbonyl (C=O) groups is 2. The summed E-state index contributed by atoms with van der Waals surface area (Å²) in [6.07, 6.45) is 1.20. The molecule has 1 atom stereocenters. The van der Waals surface area contributed by atoms with Gasteiger partial charge in [-0.15, -0.1) is 11.3 Å². The van der Waals surface area contributed by atoms with Gasteiger partial charge < -0.3 is 10.6 Å². The Morgan fingerprint density at radius 3 is 2.76 bits per heavy atom. The Balaban J connectivity index is 1.61. The van der Waals surface area contributed by atoms with Crippen LogP contribution in [0.25, 0.3) is 0 Å². The lowest BCUT2D eigenvalue weighted by atomic mass is 9.70. The minimum atomic E-state index is -0.376. The van der Waals surface area contributed by atoms with E-state index in [9.17, 15) is 14.9 Å². The van der Waals surface area contributed by atoms with E-state index in [0.717, 1.165) is 33.8 Å². The summed E-state index contributed by atoms with van der Waals surface area (Å²) >= 11 is 2.87. The number of anilines is 1. The molecule has 0 fully saturated rings. The SMILES string of the molecule is Cc1cccc(NC(=O)CSC2=C(C#N)[C@@H](c3cccs3)C3=C(CC(C)(C)CC3=O)N2)c1C. The number of nitrogens with one attached hydrogen (secondary N) is 2. The van der Waals surface area contributed by atoms with Crippen molar-refractivity contribution in [3.63, 3.8) is 0 Å². The lowest BCUT2D eigenvalue weighted by molar-refractivity contribution is -0.118. The highest BCUT2D eigenvalue weighted by molar-refractivity contribution is 8.03. The molecule has 0 saturated carbocycles. The van der Waals surface area contributed by atoms with Crippen molar-refractivity contribution >= 4 is 40.5 Å². The van der Waals surface area contributed by atoms with Crippen molar-refractivity contribution in [2.75, 3.05) is 11.1 Å². The van der Waals surface area contributed by atoms with Gasteiger partial charge >= 0.3 is 0 Å². The fraction of sp³-hybridized carbons (Fsp3) is 0.346. The largest absolute Gasteiger partial charge is 0.352 e. The molecule has 4 rings (SSSR count). The van der Waals surface area contributed by atoms with Crippen molar-refractivity contribution < 1.29 is 9.59 Å². The molecule has 0 saturated heterocycles. The number of rotatable bonds is 5. The van der Waals surface area contributed by atoms with Crippen molar-refractivity contribution in [1.82, 2.24) is 5.32 Å². The number of allylic oxidation sites excluding steroid dienone is 3. The lowest BCUT2D eigenvalue weighted by Gasteiger charge is -2.38. The molecule has 5 nitrogen and oxygen atoms in total. The van der Waals surface area contributed by atoms with Crippen molar-refractivity contribution in [2.45, 2.75) is 46.5 Å². The molecule has 2 N–H and O–H groups in total. The zero-order chi connectivity index (χ0) is 23.8. The second kappa shape index (κ2) is 9.20. The van der Waals surface area contributed by atoms with Gasteiger partial charge in [-0.25, -0.2) is 0 Å². The van der Waals surface area contributed by atoms with Crippen LogP contribution >= 0.6 is 23.1 Å². The number of hydrogen-bond donors (Lipinski definition) is 2. The summed E-state index contributed by atoms with van der Waals surface area (Å²) in [5, 5.41) is 19.1. The second-order valence-corrected chi connectivity index (χ2v) is 11.3. The van der Waals surface area contributed by atoms with Crippen LogP contribution in [0.2, 0.25) is 0 Å². The maximum Gasteiger partial charge on any atom is 0.234 e. The molecule has 2 aromatic rings. The first-order valence-corrected chi connectivity index (χ1v) is 12.8. The normalized spacial score (nSPS) is 19.6. The van der Waals surface area contributed by atoms with Gasteiger partial charge in [0.05, 0.1) is 28.3 Å². The smallest absolute Gasteiger partial charge is 0.234 e. The van der Waals surface area contributed by atoms with E-state index in [1.54, 1.807) is 11.3 Å². The number of aryl methyl sites for hydroxylation is 1. The fourth-order valence-corrected chi connectivity index (χ4v) is 6.15. The van der Waals surface area contributed by atoms with Crippen LogP contribution in [-0.2, 0) is 9.59 Å². The van der Waals surface area contributed by atoms with Crippen LogP contribution in [0.3, 0.4) is 0 Å². The topological polar surface area (TPSA) is 82.0 Å². The van der Waals surface area contributed by atoms with Crippen LogP contribution in [0.1, 0.15) is 48.6 Å². The van der Waals surface area contributed by atoms with Gasteiger partial charge in [-0.3, -0.25) is 9.59 Å². The molecule has 2 aliphatic rings. The van der Waals surface area contributed by atoms with E-state index in [1.165, 1.54) is 11.8 Å². The van der Waals surface area contributed by atoms with E-state index in [4.69, 9.17) is 0 Å². The molecule has 0 bridgehead atoms. The Labute approximate surface area is 203 Å². The van der Waals surface area contributed by atoms with Crippen molar-refractivity contribution in [1.29, 1.82) is 5.26 Å². The number of ketones is 1. The van der Waals surface area contributed by atoms with Gasteiger partial charge in [0, 0.05) is 28.3 Å². The van der Waals surface area contributed by atoms with Crippen molar-refractivity contribution in [3.8, 4) is 6.07 Å². The fourth-order valence-electron chi connectivity index (χ4n) is 4.44. The number of carbonyl (C=O) groups excluding carboxylic acids is 2. The third-order valence-corrected chi connectivity index (χ3v) is 8.14. The zero-order valence-electron chi connectivity index (χ0n) is 19.2. The van der Waals surface area contributed by atoms with Crippen LogP contribution in [0.5, 0.6) is 0 Å². The third-order valence-electron chi connectivity index (χ3n) is 6.18. The number of dihydropyridines is 1. The van der Waals surface area contributed by atoms with Crippen molar-refractivity contribution in [3.05, 3.63) is 73.6 Å². The molecule has 2 heterocycles. The van der Waals surface area contributed by atoms with Crippen LogP contribution in [0.15, 0.2) is 57.6 Å². The van der Waals surface area contributed by atoms with E-state index in [-0.39, 0.29) is 28.8 Å². The van der Waals surface area contributed by atoms with Gasteiger partial charge in [-0.1, -0.05) is 43.8 Å². The van der Waals surface area contributed by atoms with Crippen LogP contribution in [0.4, 0.5) is 5.69 Å². The van der Waals surface area contributed by atoms with Gasteiger partial charge in [-0.2, -0.15) is 5.26 Å². The Morgan fingerprint density at radius 2 is 2.06 bits per heavy atom. The van der Waals surface area contributed by atoms with Gasteiger partial charge in [0.1, 0.15) is 0 Å². The first-order valence-electron chi connectivity index (χ1n) is 10.9. The summed E-state index contributed by atoms with van der Waals surface area (Å²) in [4.78, 5) is 26.9. The molecular formula is C26H27N3O2S2. The molecule has 0 unspecified atom stereocenters. The van der Waals surface area contributed by atoms with E-state index in [2.05, 4.69) is 30.6 Å². The number of hydrogen-bond acceptors (Lipinski definition) is 6. The quantitative estimate of drug-likeness (QED) is 0.569. The molecule has 33 heavy (non-hydrogen) atoms. The zero-order valence-corrected chi connectivity index (χ0v) is 20.9. The summed E-state index contributed by atoms with van der Waals surface area (Å²) in [7, 11) is 0. The predicted molar refractivity (Wildman–Crippen MR) is 135 cm³/mol. The molecule has 0 spiro atoms. The third kappa shape index (κ3) is 4.78. The average molecular weight is 478 g/mol. The van der Waals surface area contributed by atoms with Crippen LogP contribution in [-0.4, -0.2) is 17.4 Å². The Hall–Kier alpha value is -2.82. The highest BCUT2D eigenvalue weighted by Gasteiger charge is 2.42. The van der Waals surface area contributed by atoms with Crippen LogP contribution in [0, 0.1) is 30.6 Å². The second-order valence-electron chi connectivity index (χ2n) is 9.35. The van der Waals surface area contributed by atoms with E-state index in [0.29, 0.717) is 22.6 Å². The van der Waals surface area contributed by atoms with E-state index >= 15 is 0 Å². The maximum atomic E-state index is 13.2. The highest BCUT2D eigenvalue weighted by Crippen LogP contribution is 2.48. The number of amides is 1. The number of thiophene rings is 1. The number of nitriles is 1. The van der Waals surface area contributed by atoms with Gasteiger partial charge in [0.15, 0.2) is 5.78 Å². The minimum absolute atomic E-state index is 0.0941. The molecule has 1 aliphatic carbocycles. The highest BCUT2D eigenvalue weighted by atomic mass is 32.2. The van der Waals surface area contributed by atoms with Gasteiger partial charge in [-0.05, 0) is 54.3 Å². The Bertz CT molecular complexity index is 1220. The standard InChI is InChI=1S/C26H27N3O2S2/c1-15-7-5-8-18(16(15)2)28-22(31)14-33-25-17(13-27)23(21-9-6-10-32-21)24-19(29-25)11-26(3,4)12-20(24)30/h5-10,23,29H,11-12,14H2,1-4H3,(H,28,31)/t23-/m0/s1. The number of benzene rings is 1. The predicted octanol–water partition coefficient (Wildman–Crippen LogP) is 5.80. The number of Topliss-reactive ketones (excluding diaryl/α,β-unsaturated/α-hetero) is 1. The molecule has 1 aliphatic heterocycles. The molecule has 0 radical (unpaired) electrons. The Morgan fingerprint density at radius 1 is 1.27 bits per heavy atom. The number of thioether (sulfide) groups is 1. The van der Waals surface area contributed by atoms with Crippen LogP contribution < -0.4 is 10.6 Å². The molecule has 1 aromatic carbocycles. The first kappa shape index (κ1) is 23.3. The summed E-state index contributed by atoms with van der Waals surface area (Å²) in [6, 6.07) is 12.1. The molecule has 1 aromatic heterocycles. The minimum Gasteiger partial charge on any atom is -0.352 e. The number of nitrogens with zero attached hydrogens (tertiary/aromatic N) is 1. The first-order chi connectivity index (χ1) is 15.7. The average Bonchev–Trinajstić information content (AvgIpc) is 3.28. The summed E-state index contributed by atoms with van der Waals surface area (Å²) in [5.74, 6) is -0.248. The van der Waals surface area contributed by atoms with E-state index < -0.39 is 0 Å². The summed E-state index contributed by atoms with van der Waals surface area (Å²) in [5.41, 5.74) is 4.90. The molecule has 170 valence electrons. The van der Waals surface area contributed by atoms with Gasteiger partial charge in [0.2, 0.25) is 5.91 Å². The Kier molecular flexibility index (Phi) is 6.51. The molecule has 7 heteroatoms. The summed E-state index contributed by atoms with van der Waals surface area (Å²) in [6.45, 7) is 8.17. The van der Waals surface area contributed by atoms with Crippen molar-refractivity contribution in [2.24, 2.45) is 5.41 Å². The monoisotopic (exact) mass is 477 g/mol. The lowest BCUT2D eigenvalue weighted by Crippen LogP contribution is -2.36. The maximum absolute atomic E-state index is 13.2. The summed E-state index contributed by atoms with van der Waals surface area (Å²) < 4.78 is 0.